The number of hydrogen-bond acceptors (Lipinski definition) is 4. The van der Waals surface area contributed by atoms with Gasteiger partial charge in [-0.1, -0.05) is 78.9 Å². The quantitative estimate of drug-likeness (QED) is 0.149. The topological polar surface area (TPSA) is 33.5 Å². The number of anilines is 4. The Morgan fingerprint density at radius 1 is 0.457 bits per heavy atom. The normalized spacial score (nSPS) is 13.9. The summed E-state index contributed by atoms with van der Waals surface area (Å²) in [5.41, 5.74) is 15.6. The van der Waals surface area contributed by atoms with E-state index >= 15 is 0 Å². The van der Waals surface area contributed by atoms with Crippen molar-refractivity contribution in [2.75, 3.05) is 16.5 Å². The van der Waals surface area contributed by atoms with E-state index in [0.29, 0.717) is 6.67 Å². The third kappa shape index (κ3) is 5.94. The number of fused-ring (bicyclic) bond motifs is 8. The zero-order valence-electron chi connectivity index (χ0n) is 39.3. The summed E-state index contributed by atoms with van der Waals surface area (Å²) in [5.74, 6) is 2.54. The van der Waals surface area contributed by atoms with E-state index in [0.717, 1.165) is 39.9 Å². The summed E-state index contributed by atoms with van der Waals surface area (Å²) in [6, 6.07) is 80.2. The van der Waals surface area contributed by atoms with Gasteiger partial charge in [0.15, 0.2) is 0 Å². The van der Waals surface area contributed by atoms with Crippen molar-refractivity contribution in [1.82, 2.24) is 9.55 Å². The van der Waals surface area contributed by atoms with E-state index in [1.54, 1.807) is 0 Å². The number of benzene rings is 9. The van der Waals surface area contributed by atoms with Crippen molar-refractivity contribution >= 4 is 75.4 Å². The van der Waals surface area contributed by atoms with E-state index in [9.17, 15) is 0 Å². The van der Waals surface area contributed by atoms with Crippen molar-refractivity contribution < 1.29 is 4.74 Å². The van der Waals surface area contributed by atoms with Crippen LogP contribution in [0.3, 0.4) is 0 Å². The molecule has 6 heteroatoms. The first-order chi connectivity index (χ1) is 34.4. The molecule has 3 aliphatic rings. The Hall–Kier alpha value is -8.13. The zero-order chi connectivity index (χ0) is 46.7. The molecule has 0 saturated heterocycles. The van der Waals surface area contributed by atoms with E-state index in [1.807, 2.05) is 6.20 Å². The van der Waals surface area contributed by atoms with E-state index < -0.39 is 13.3 Å². The predicted molar refractivity (Wildman–Crippen MR) is 293 cm³/mol. The molecule has 334 valence electrons. The van der Waals surface area contributed by atoms with E-state index in [4.69, 9.17) is 9.72 Å². The number of hydrogen-bond donors (Lipinski definition) is 0. The Morgan fingerprint density at radius 2 is 1.03 bits per heavy atom. The molecule has 0 fully saturated rings. The van der Waals surface area contributed by atoms with Crippen molar-refractivity contribution in [3.8, 4) is 50.7 Å². The van der Waals surface area contributed by atoms with E-state index in [2.05, 4.69) is 254 Å². The van der Waals surface area contributed by atoms with Crippen LogP contribution in [-0.2, 0) is 5.41 Å². The van der Waals surface area contributed by atoms with Crippen LogP contribution in [0.15, 0.2) is 225 Å². The van der Waals surface area contributed by atoms with Gasteiger partial charge in [-0.15, -0.1) is 0 Å². The first-order valence-electron chi connectivity index (χ1n) is 24.3. The first kappa shape index (κ1) is 40.9. The molecule has 0 unspecified atom stereocenters. The summed E-state index contributed by atoms with van der Waals surface area (Å²) >= 11 is -3.56. The van der Waals surface area contributed by atoms with Crippen LogP contribution in [0.2, 0.25) is 0 Å². The Morgan fingerprint density at radius 3 is 1.71 bits per heavy atom. The van der Waals surface area contributed by atoms with Crippen LogP contribution in [0.4, 0.5) is 22.7 Å². The Balaban J connectivity index is 0.925. The Kier molecular flexibility index (Phi) is 9.02. The number of rotatable bonds is 7. The first-order valence-corrected chi connectivity index (χ1v) is 28.5. The molecule has 9 aromatic carbocycles. The maximum absolute atomic E-state index is 7.27. The van der Waals surface area contributed by atoms with Crippen molar-refractivity contribution in [2.45, 2.75) is 26.2 Å². The molecule has 0 aliphatic carbocycles. The summed E-state index contributed by atoms with van der Waals surface area (Å²) in [5, 5.41) is 2.69. The van der Waals surface area contributed by atoms with Crippen LogP contribution >= 0.6 is 0 Å². The molecule has 14 rings (SSSR count). The van der Waals surface area contributed by atoms with Crippen molar-refractivity contribution in [3.05, 3.63) is 230 Å². The number of para-hydroxylation sites is 3. The molecular formula is C64H48GeN4O. The molecule has 3 aliphatic heterocycles. The van der Waals surface area contributed by atoms with Gasteiger partial charge in [0.05, 0.1) is 0 Å². The van der Waals surface area contributed by atoms with Gasteiger partial charge in [-0.25, -0.2) is 0 Å². The van der Waals surface area contributed by atoms with Crippen molar-refractivity contribution in [3.63, 3.8) is 0 Å². The van der Waals surface area contributed by atoms with Gasteiger partial charge in [0.2, 0.25) is 0 Å². The fourth-order valence-corrected chi connectivity index (χ4v) is 23.9. The van der Waals surface area contributed by atoms with Crippen LogP contribution < -0.4 is 32.1 Å². The minimum absolute atomic E-state index is 0.0395. The van der Waals surface area contributed by atoms with Gasteiger partial charge in [-0.2, -0.15) is 0 Å². The van der Waals surface area contributed by atoms with E-state index in [1.165, 1.54) is 78.5 Å². The summed E-state index contributed by atoms with van der Waals surface area (Å²) in [4.78, 5) is 10.0. The predicted octanol–water partition coefficient (Wildman–Crippen LogP) is 13.5. The van der Waals surface area contributed by atoms with Gasteiger partial charge < -0.3 is 0 Å². The third-order valence-corrected chi connectivity index (χ3v) is 25.4. The molecule has 0 amide bonds. The number of nitrogens with zero attached hydrogens (tertiary/aromatic N) is 4. The Labute approximate surface area is 410 Å². The molecule has 1 spiro atoms. The summed E-state index contributed by atoms with van der Waals surface area (Å²) in [6.07, 6.45) is 1.97. The molecule has 2 aromatic heterocycles. The van der Waals surface area contributed by atoms with Crippen LogP contribution in [0.5, 0.6) is 11.5 Å². The number of ether oxygens (including phenoxy) is 1. The summed E-state index contributed by atoms with van der Waals surface area (Å²) < 4.78 is 15.6. The summed E-state index contributed by atoms with van der Waals surface area (Å²) in [6.45, 7) is 7.44. The molecule has 0 saturated carbocycles. The number of pyridine rings is 1. The van der Waals surface area contributed by atoms with Crippen LogP contribution in [0.1, 0.15) is 26.3 Å². The second-order valence-electron chi connectivity index (χ2n) is 19.9. The molecule has 5 heterocycles. The van der Waals surface area contributed by atoms with Crippen LogP contribution in [-0.4, -0.2) is 29.5 Å². The Bertz CT molecular complexity index is 3810. The summed E-state index contributed by atoms with van der Waals surface area (Å²) in [7, 11) is 0. The molecule has 70 heavy (non-hydrogen) atoms. The van der Waals surface area contributed by atoms with Gasteiger partial charge in [0, 0.05) is 0 Å². The zero-order valence-corrected chi connectivity index (χ0v) is 41.4. The molecule has 0 radical (unpaired) electrons. The fourth-order valence-electron chi connectivity index (χ4n) is 12.1. The SMILES string of the molecule is CC(C)(C)c1ccnc(-n2c3ccc[c]4c3c3[c](cc(Oc5cccc(N6CN(c7c(-c8ccccc8)cccc7-c7ccccc7)c7ccccc76)c5)cc32)[Ge]42[c]3ccccc3-c3cccc[c]32)c1. The van der Waals surface area contributed by atoms with Gasteiger partial charge in [0.1, 0.15) is 0 Å². The van der Waals surface area contributed by atoms with Gasteiger partial charge in [-0.05, 0) is 11.1 Å². The molecule has 11 aromatic rings. The van der Waals surface area contributed by atoms with Crippen molar-refractivity contribution in [2.24, 2.45) is 0 Å². The molecule has 5 nitrogen and oxygen atoms in total. The molecule has 0 N–H and O–H groups in total. The fraction of sp³-hybridized carbons (Fsp3) is 0.0781. The molecule has 0 bridgehead atoms. The second kappa shape index (κ2) is 15.4. The minimum atomic E-state index is -3.56. The van der Waals surface area contributed by atoms with Gasteiger partial charge in [-0.3, -0.25) is 0 Å². The van der Waals surface area contributed by atoms with E-state index in [-0.39, 0.29) is 5.41 Å². The second-order valence-corrected chi connectivity index (χ2v) is 27.6. The van der Waals surface area contributed by atoms with Crippen LogP contribution in [0.25, 0.3) is 61.0 Å². The van der Waals surface area contributed by atoms with Crippen LogP contribution in [0, 0.1) is 0 Å². The monoisotopic (exact) mass is 962 g/mol. The third-order valence-electron chi connectivity index (χ3n) is 15.1. The average Bonchev–Trinajstić information content (AvgIpc) is 4.13. The van der Waals surface area contributed by atoms with Gasteiger partial charge >= 0.3 is 323 Å². The average molecular weight is 962 g/mol. The number of aromatic nitrogens is 2. The molecular weight excluding hydrogens is 913 g/mol. The standard InChI is InChI=1S/C64H48GeN4O/c1-64(2,3)44-35-36-66-60(37-44)69-58-34-18-31-54-61(58)62-55(65(54)52-29-12-10-25-50(52)51-26-11-13-30-53(51)65)39-47(40-59(62)69)70-46-24-16-23-45(38-46)67-41-68(57-33-15-14-32-56(57)67)63-48(42-19-6-4-7-20-42)27-17-28-49(63)43-21-8-5-9-22-43/h4-40H,41H2,1-3H3. The molecule has 0 atom stereocenters. The van der Waals surface area contributed by atoms with Gasteiger partial charge in [0.25, 0.3) is 0 Å². The maximum atomic E-state index is 7.27. The van der Waals surface area contributed by atoms with Crippen molar-refractivity contribution in [1.29, 1.82) is 0 Å².